The molecule has 1 atom stereocenters. The van der Waals surface area contributed by atoms with E-state index in [-0.39, 0.29) is 24.9 Å². The number of carbonyl (C=O) groups excluding carboxylic acids is 1. The first kappa shape index (κ1) is 22.9. The smallest absolute Gasteiger partial charge is 0.460 e. The van der Waals surface area contributed by atoms with E-state index in [2.05, 4.69) is 0 Å². The van der Waals surface area contributed by atoms with E-state index in [4.69, 9.17) is 14.0 Å². The van der Waals surface area contributed by atoms with Gasteiger partial charge in [-0.1, -0.05) is 23.8 Å². The van der Waals surface area contributed by atoms with Crippen LogP contribution in [-0.2, 0) is 18.8 Å². The number of hydrogen-bond donors (Lipinski definition) is 1. The molecule has 156 valence electrons. The van der Waals surface area contributed by atoms with Crippen LogP contribution in [0.15, 0.2) is 18.2 Å². The SMILES string of the molecule is Cc1ccc(C(CO)CCC(=O)OC(C)(C)C)cc1B1OC(C)(C)C(C)(C)O1. The van der Waals surface area contributed by atoms with Gasteiger partial charge in [-0.15, -0.1) is 0 Å². The molecule has 0 radical (unpaired) electrons. The fraction of sp³-hybridized carbons (Fsp3) is 0.682. The molecule has 28 heavy (non-hydrogen) atoms. The highest BCUT2D eigenvalue weighted by Crippen LogP contribution is 2.37. The lowest BCUT2D eigenvalue weighted by molar-refractivity contribution is -0.155. The third-order valence-electron chi connectivity index (χ3n) is 5.62. The van der Waals surface area contributed by atoms with E-state index in [0.29, 0.717) is 6.42 Å². The second-order valence-electron chi connectivity index (χ2n) is 9.71. The number of aryl methyl sites for hydroxylation is 1. The lowest BCUT2D eigenvalue weighted by Crippen LogP contribution is -2.41. The molecule has 1 aromatic rings. The number of hydrogen-bond acceptors (Lipinski definition) is 5. The lowest BCUT2D eigenvalue weighted by atomic mass is 9.74. The number of benzene rings is 1. The largest absolute Gasteiger partial charge is 0.495 e. The summed E-state index contributed by atoms with van der Waals surface area (Å²) < 4.78 is 17.8. The molecule has 0 aliphatic carbocycles. The van der Waals surface area contributed by atoms with Crippen molar-refractivity contribution in [3.8, 4) is 0 Å². The first-order valence-corrected chi connectivity index (χ1v) is 10.0. The maximum absolute atomic E-state index is 12.0. The van der Waals surface area contributed by atoms with Gasteiger partial charge in [-0.05, 0) is 72.8 Å². The minimum Gasteiger partial charge on any atom is -0.460 e. The van der Waals surface area contributed by atoms with Crippen LogP contribution in [0.3, 0.4) is 0 Å². The Labute approximate surface area is 169 Å². The summed E-state index contributed by atoms with van der Waals surface area (Å²) in [5.74, 6) is -0.390. The predicted octanol–water partition coefficient (Wildman–Crippen LogP) is 3.49. The predicted molar refractivity (Wildman–Crippen MR) is 112 cm³/mol. The minimum absolute atomic E-state index is 0.0331. The Morgan fingerprint density at radius 2 is 1.75 bits per heavy atom. The van der Waals surface area contributed by atoms with Crippen molar-refractivity contribution in [3.05, 3.63) is 29.3 Å². The Morgan fingerprint density at radius 1 is 1.18 bits per heavy atom. The molecule has 1 aliphatic heterocycles. The van der Waals surface area contributed by atoms with Crippen molar-refractivity contribution in [1.82, 2.24) is 0 Å². The van der Waals surface area contributed by atoms with Crippen LogP contribution in [0.4, 0.5) is 0 Å². The Morgan fingerprint density at radius 3 is 2.25 bits per heavy atom. The van der Waals surface area contributed by atoms with Gasteiger partial charge in [0.1, 0.15) is 5.60 Å². The van der Waals surface area contributed by atoms with Crippen LogP contribution >= 0.6 is 0 Å². The van der Waals surface area contributed by atoms with E-state index in [9.17, 15) is 9.90 Å². The zero-order valence-corrected chi connectivity index (χ0v) is 18.6. The van der Waals surface area contributed by atoms with Crippen molar-refractivity contribution < 1.29 is 23.9 Å². The monoisotopic (exact) mass is 390 g/mol. The van der Waals surface area contributed by atoms with Gasteiger partial charge in [0.15, 0.2) is 0 Å². The summed E-state index contributed by atoms with van der Waals surface area (Å²) in [6.07, 6.45) is 0.791. The number of rotatable bonds is 6. The molecule has 1 aliphatic rings. The standard InChI is InChI=1S/C22H35BO5/c1-15-9-10-16(17(14-24)11-12-19(25)26-20(2,3)4)13-18(15)23-27-21(5,6)22(7,8)28-23/h9-10,13,17,24H,11-12,14H2,1-8H3. The van der Waals surface area contributed by atoms with Gasteiger partial charge in [0.05, 0.1) is 11.2 Å². The molecule has 6 heteroatoms. The van der Waals surface area contributed by atoms with Crippen molar-refractivity contribution >= 4 is 18.6 Å². The molecule has 0 aromatic heterocycles. The summed E-state index contributed by atoms with van der Waals surface area (Å²) in [7, 11) is -0.449. The van der Waals surface area contributed by atoms with Gasteiger partial charge >= 0.3 is 13.1 Å². The van der Waals surface area contributed by atoms with E-state index >= 15 is 0 Å². The molecule has 0 amide bonds. The maximum Gasteiger partial charge on any atom is 0.495 e. The van der Waals surface area contributed by atoms with E-state index in [0.717, 1.165) is 16.6 Å². The number of carbonyl (C=O) groups is 1. The molecule has 1 heterocycles. The number of ether oxygens (including phenoxy) is 1. The quantitative estimate of drug-likeness (QED) is 0.595. The summed E-state index contributed by atoms with van der Waals surface area (Å²) in [4.78, 5) is 12.0. The molecule has 0 saturated carbocycles. The molecule has 5 nitrogen and oxygen atoms in total. The lowest BCUT2D eigenvalue weighted by Gasteiger charge is -2.32. The van der Waals surface area contributed by atoms with E-state index in [1.807, 2.05) is 73.6 Å². The minimum atomic E-state index is -0.500. The fourth-order valence-corrected chi connectivity index (χ4v) is 3.18. The summed E-state index contributed by atoms with van der Waals surface area (Å²) >= 11 is 0. The van der Waals surface area contributed by atoms with Gasteiger partial charge in [0.25, 0.3) is 0 Å². The van der Waals surface area contributed by atoms with Crippen LogP contribution in [0.2, 0.25) is 0 Å². The average molecular weight is 390 g/mol. The summed E-state index contributed by atoms with van der Waals surface area (Å²) in [5, 5.41) is 9.90. The zero-order valence-electron chi connectivity index (χ0n) is 18.6. The second kappa shape index (κ2) is 8.17. The van der Waals surface area contributed by atoms with Gasteiger partial charge in [-0.3, -0.25) is 4.79 Å². The van der Waals surface area contributed by atoms with Crippen molar-refractivity contribution in [3.63, 3.8) is 0 Å². The van der Waals surface area contributed by atoms with Crippen LogP contribution in [-0.4, -0.2) is 41.6 Å². The summed E-state index contributed by atoms with van der Waals surface area (Å²) in [5.41, 5.74) is 1.69. The molecule has 1 aromatic carbocycles. The van der Waals surface area contributed by atoms with Gasteiger partial charge in [-0.2, -0.15) is 0 Å². The highest BCUT2D eigenvalue weighted by molar-refractivity contribution is 6.62. The van der Waals surface area contributed by atoms with E-state index in [1.165, 1.54) is 0 Å². The van der Waals surface area contributed by atoms with Crippen molar-refractivity contribution in [2.45, 2.75) is 91.0 Å². The number of esters is 1. The van der Waals surface area contributed by atoms with Crippen LogP contribution in [0, 0.1) is 6.92 Å². The van der Waals surface area contributed by atoms with Gasteiger partial charge in [-0.25, -0.2) is 0 Å². The fourth-order valence-electron chi connectivity index (χ4n) is 3.18. The number of aliphatic hydroxyl groups excluding tert-OH is 1. The Bertz CT molecular complexity index is 689. The highest BCUT2D eigenvalue weighted by Gasteiger charge is 2.52. The van der Waals surface area contributed by atoms with E-state index in [1.54, 1.807) is 0 Å². The maximum atomic E-state index is 12.0. The van der Waals surface area contributed by atoms with Gasteiger partial charge in [0, 0.05) is 18.9 Å². The molecule has 0 bridgehead atoms. The molecule has 1 unspecified atom stereocenters. The topological polar surface area (TPSA) is 65.0 Å². The Balaban J connectivity index is 2.16. The first-order valence-electron chi connectivity index (χ1n) is 10.0. The van der Waals surface area contributed by atoms with Crippen LogP contribution in [0.1, 0.15) is 78.4 Å². The second-order valence-corrected chi connectivity index (χ2v) is 9.71. The summed E-state index contributed by atoms with van der Waals surface area (Å²) in [6.45, 7) is 15.7. The van der Waals surface area contributed by atoms with E-state index < -0.39 is 23.9 Å². The van der Waals surface area contributed by atoms with Crippen LogP contribution in [0.5, 0.6) is 0 Å². The van der Waals surface area contributed by atoms with Crippen LogP contribution < -0.4 is 5.46 Å². The van der Waals surface area contributed by atoms with Crippen molar-refractivity contribution in [2.24, 2.45) is 0 Å². The zero-order chi connectivity index (χ0) is 21.3. The van der Waals surface area contributed by atoms with Crippen LogP contribution in [0.25, 0.3) is 0 Å². The van der Waals surface area contributed by atoms with Crippen molar-refractivity contribution in [1.29, 1.82) is 0 Å². The Kier molecular flexibility index (Phi) is 6.69. The average Bonchev–Trinajstić information content (AvgIpc) is 2.75. The molecule has 0 spiro atoms. The number of aliphatic hydroxyl groups is 1. The Hall–Kier alpha value is -1.37. The normalized spacial score (nSPS) is 19.5. The molecule has 1 N–H and O–H groups in total. The summed E-state index contributed by atoms with van der Waals surface area (Å²) in [6, 6.07) is 6.05. The third-order valence-corrected chi connectivity index (χ3v) is 5.62. The molecule has 2 rings (SSSR count). The molecular formula is C22H35BO5. The molecule has 1 saturated heterocycles. The molecule has 1 fully saturated rings. The molecular weight excluding hydrogens is 355 g/mol. The van der Waals surface area contributed by atoms with Crippen molar-refractivity contribution in [2.75, 3.05) is 6.61 Å². The van der Waals surface area contributed by atoms with Gasteiger partial charge < -0.3 is 19.2 Å². The van der Waals surface area contributed by atoms with Gasteiger partial charge in [0.2, 0.25) is 0 Å². The first-order chi connectivity index (χ1) is 12.8. The third kappa shape index (κ3) is 5.37. The highest BCUT2D eigenvalue weighted by atomic mass is 16.7.